The number of allylic oxidation sites excluding steroid dienone is 4. The third-order valence-corrected chi connectivity index (χ3v) is 5.95. The average Bonchev–Trinajstić information content (AvgIpc) is 3.08. The van der Waals surface area contributed by atoms with Crippen molar-refractivity contribution in [1.29, 1.82) is 0 Å². The number of nitrogens with zero attached hydrogens (tertiary/aromatic N) is 3. The second-order valence-electron chi connectivity index (χ2n) is 6.23. The molecule has 23 heavy (non-hydrogen) atoms. The van der Waals surface area contributed by atoms with Gasteiger partial charge in [-0.05, 0) is 6.42 Å². The van der Waals surface area contributed by atoms with Crippen LogP contribution in [0.25, 0.3) is 0 Å². The molecule has 1 unspecified atom stereocenters. The monoisotopic (exact) mass is 341 g/mol. The smallest absolute Gasteiger partial charge is 0.267 e. The van der Waals surface area contributed by atoms with Crippen LogP contribution in [0.1, 0.15) is 37.8 Å². The zero-order valence-corrected chi connectivity index (χ0v) is 14.0. The molecule has 2 heterocycles. The highest BCUT2D eigenvalue weighted by molar-refractivity contribution is 7.91. The maximum atomic E-state index is 14.4. The number of hydrogen-bond acceptors (Lipinski definition) is 5. The molecule has 0 fully saturated rings. The molecule has 0 aromatic carbocycles. The summed E-state index contributed by atoms with van der Waals surface area (Å²) in [6.45, 7) is 2.08. The molecule has 0 bridgehead atoms. The second-order valence-corrected chi connectivity index (χ2v) is 8.23. The van der Waals surface area contributed by atoms with Gasteiger partial charge in [0, 0.05) is 18.9 Å². The first kappa shape index (κ1) is 16.3. The highest BCUT2D eigenvalue weighted by atomic mass is 32.2. The van der Waals surface area contributed by atoms with Crippen LogP contribution in [-0.2, 0) is 14.6 Å². The lowest BCUT2D eigenvalue weighted by atomic mass is 9.76. The van der Waals surface area contributed by atoms with Crippen LogP contribution in [0.15, 0.2) is 29.5 Å². The lowest BCUT2D eigenvalue weighted by Crippen LogP contribution is -2.27. The van der Waals surface area contributed by atoms with Gasteiger partial charge in [0.1, 0.15) is 0 Å². The number of hydrogen-bond donors (Lipinski definition) is 0. The first-order chi connectivity index (χ1) is 10.9. The van der Waals surface area contributed by atoms with Crippen LogP contribution in [0.2, 0.25) is 0 Å². The summed E-state index contributed by atoms with van der Waals surface area (Å²) in [7, 11) is -2.24. The van der Waals surface area contributed by atoms with Gasteiger partial charge < -0.3 is 4.74 Å². The maximum absolute atomic E-state index is 14.4. The van der Waals surface area contributed by atoms with E-state index >= 15 is 0 Å². The van der Waals surface area contributed by atoms with Gasteiger partial charge in [-0.3, -0.25) is 0 Å². The number of sulfone groups is 1. The molecule has 1 aromatic rings. The molecule has 3 atom stereocenters. The third-order valence-electron chi connectivity index (χ3n) is 4.52. The SMILES string of the molecule is COCCS(=O)(=O)c1nc2n(n1)[C@H](C1(C)C=CC=CC1)C[C@@H]2F. The molecule has 1 aliphatic carbocycles. The predicted octanol–water partition coefficient (Wildman–Crippen LogP) is 2.18. The van der Waals surface area contributed by atoms with Crippen LogP contribution in [0.5, 0.6) is 0 Å². The molecule has 8 heteroatoms. The Morgan fingerprint density at radius 1 is 1.48 bits per heavy atom. The van der Waals surface area contributed by atoms with Crippen LogP contribution in [0.3, 0.4) is 0 Å². The Kier molecular flexibility index (Phi) is 4.14. The van der Waals surface area contributed by atoms with Crippen molar-refractivity contribution in [3.63, 3.8) is 0 Å². The predicted molar refractivity (Wildman–Crippen MR) is 82.5 cm³/mol. The molecule has 0 saturated carbocycles. The fraction of sp³-hybridized carbons (Fsp3) is 0.600. The molecule has 0 spiro atoms. The zero-order valence-electron chi connectivity index (χ0n) is 13.1. The van der Waals surface area contributed by atoms with Crippen molar-refractivity contribution in [2.24, 2.45) is 5.41 Å². The minimum atomic E-state index is -3.66. The standard InChI is InChI=1S/C15H20FN3O3S/c1-15(6-4-3-5-7-15)12-10-11(16)13-17-14(18-19(12)13)23(20,21)9-8-22-2/h3-6,11-12H,7-10H2,1-2H3/t11-,12-,15?/m0/s1. The fourth-order valence-corrected chi connectivity index (χ4v) is 4.13. The third kappa shape index (κ3) is 2.85. The van der Waals surface area contributed by atoms with Crippen molar-refractivity contribution < 1.29 is 17.5 Å². The van der Waals surface area contributed by atoms with E-state index in [1.54, 1.807) is 0 Å². The lowest BCUT2D eigenvalue weighted by molar-refractivity contribution is 0.215. The van der Waals surface area contributed by atoms with Gasteiger partial charge in [0.15, 0.2) is 12.0 Å². The molecular formula is C15H20FN3O3S. The molecule has 0 N–H and O–H groups in total. The Morgan fingerprint density at radius 3 is 2.91 bits per heavy atom. The Labute approximate surface area is 135 Å². The quantitative estimate of drug-likeness (QED) is 0.820. The summed E-state index contributed by atoms with van der Waals surface area (Å²) in [6.07, 6.45) is 7.66. The maximum Gasteiger partial charge on any atom is 0.267 e. The highest BCUT2D eigenvalue weighted by Crippen LogP contribution is 2.49. The van der Waals surface area contributed by atoms with Crippen LogP contribution in [-0.4, -0.2) is 42.7 Å². The Morgan fingerprint density at radius 2 is 2.26 bits per heavy atom. The number of fused-ring (bicyclic) bond motifs is 1. The van der Waals surface area contributed by atoms with Gasteiger partial charge in [-0.1, -0.05) is 31.2 Å². The van der Waals surface area contributed by atoms with Crippen LogP contribution in [0.4, 0.5) is 4.39 Å². The Bertz CT molecular complexity index is 756. The van der Waals surface area contributed by atoms with E-state index in [1.165, 1.54) is 11.8 Å². The molecular weight excluding hydrogens is 321 g/mol. The first-order valence-corrected chi connectivity index (χ1v) is 9.19. The molecule has 2 aliphatic rings. The van der Waals surface area contributed by atoms with Gasteiger partial charge in [0.25, 0.3) is 5.16 Å². The number of aromatic nitrogens is 3. The van der Waals surface area contributed by atoms with E-state index in [1.807, 2.05) is 31.2 Å². The zero-order chi connectivity index (χ0) is 16.7. The molecule has 0 amide bonds. The lowest BCUT2D eigenvalue weighted by Gasteiger charge is -2.33. The normalized spacial score (nSPS) is 29.9. The topological polar surface area (TPSA) is 74.1 Å². The summed E-state index contributed by atoms with van der Waals surface area (Å²) in [4.78, 5) is 3.96. The summed E-state index contributed by atoms with van der Waals surface area (Å²) in [5.41, 5.74) is -0.300. The van der Waals surface area contributed by atoms with E-state index in [0.29, 0.717) is 0 Å². The van der Waals surface area contributed by atoms with Crippen molar-refractivity contribution in [2.45, 2.75) is 37.1 Å². The Balaban J connectivity index is 1.95. The van der Waals surface area contributed by atoms with Crippen LogP contribution in [0, 0.1) is 5.41 Å². The highest BCUT2D eigenvalue weighted by Gasteiger charge is 2.44. The van der Waals surface area contributed by atoms with Gasteiger partial charge in [-0.2, -0.15) is 4.98 Å². The summed E-state index contributed by atoms with van der Waals surface area (Å²) in [6, 6.07) is -0.243. The molecule has 3 rings (SSSR count). The van der Waals surface area contributed by atoms with E-state index in [-0.39, 0.29) is 41.2 Å². The van der Waals surface area contributed by atoms with Gasteiger partial charge in [-0.25, -0.2) is 17.5 Å². The minimum absolute atomic E-state index is 0.0555. The molecule has 1 aliphatic heterocycles. The van der Waals surface area contributed by atoms with E-state index in [2.05, 4.69) is 10.1 Å². The second kappa shape index (κ2) is 5.83. The van der Waals surface area contributed by atoms with E-state index in [4.69, 9.17) is 4.74 Å². The van der Waals surface area contributed by atoms with Crippen molar-refractivity contribution in [1.82, 2.24) is 14.8 Å². The average molecular weight is 341 g/mol. The van der Waals surface area contributed by atoms with Gasteiger partial charge in [0.2, 0.25) is 9.84 Å². The number of rotatable bonds is 5. The van der Waals surface area contributed by atoms with Gasteiger partial charge >= 0.3 is 0 Å². The molecule has 6 nitrogen and oxygen atoms in total. The summed E-state index contributed by atoms with van der Waals surface area (Å²) >= 11 is 0. The Hall–Kier alpha value is -1.54. The molecule has 0 saturated heterocycles. The summed E-state index contributed by atoms with van der Waals surface area (Å²) in [5.74, 6) is -0.107. The van der Waals surface area contributed by atoms with Crippen LogP contribution >= 0.6 is 0 Å². The van der Waals surface area contributed by atoms with Crippen LogP contribution < -0.4 is 0 Å². The number of alkyl halides is 1. The van der Waals surface area contributed by atoms with Gasteiger partial charge in [-0.15, -0.1) is 5.10 Å². The fourth-order valence-electron chi connectivity index (χ4n) is 3.11. The van der Waals surface area contributed by atoms with Crippen molar-refractivity contribution in [3.05, 3.63) is 30.1 Å². The van der Waals surface area contributed by atoms with E-state index in [9.17, 15) is 12.8 Å². The summed E-state index contributed by atoms with van der Waals surface area (Å²) < 4.78 is 45.0. The molecule has 0 radical (unpaired) electrons. The first-order valence-electron chi connectivity index (χ1n) is 7.54. The number of methoxy groups -OCH3 is 1. The van der Waals surface area contributed by atoms with E-state index in [0.717, 1.165) is 6.42 Å². The molecule has 126 valence electrons. The van der Waals surface area contributed by atoms with Crippen molar-refractivity contribution in [2.75, 3.05) is 19.5 Å². The summed E-state index contributed by atoms with van der Waals surface area (Å²) in [5, 5.41) is 3.82. The van der Waals surface area contributed by atoms with Gasteiger partial charge in [0.05, 0.1) is 18.4 Å². The number of halogens is 1. The van der Waals surface area contributed by atoms with Crippen molar-refractivity contribution >= 4 is 9.84 Å². The molecule has 1 aromatic heterocycles. The number of ether oxygens (including phenoxy) is 1. The minimum Gasteiger partial charge on any atom is -0.384 e. The largest absolute Gasteiger partial charge is 0.384 e. The van der Waals surface area contributed by atoms with E-state index < -0.39 is 16.0 Å². The van der Waals surface area contributed by atoms with Crippen molar-refractivity contribution in [3.8, 4) is 0 Å².